The molecule has 0 rings (SSSR count). The van der Waals surface area contributed by atoms with Gasteiger partial charge >= 0.3 is 0 Å². The molecule has 2 heteroatoms. The van der Waals surface area contributed by atoms with Gasteiger partial charge in [0.25, 0.3) is 0 Å². The third kappa shape index (κ3) is 1.67. The Morgan fingerprint density at radius 3 is 2.50 bits per heavy atom. The highest BCUT2D eigenvalue weighted by Gasteiger charge is 1.33. The Morgan fingerprint density at radius 1 is 2.25 bits per heavy atom. The maximum absolute atomic E-state index is 8.94. The fourth-order valence-electron chi connectivity index (χ4n) is 0. The molecular weight excluding hydrogens is 68.1 g/mol. The molecule has 0 aliphatic heterocycles. The zero-order valence-electron chi connectivity index (χ0n) is 1.99. The molecule has 0 aromatic rings. The highest BCUT2D eigenvalue weighted by molar-refractivity contribution is 6.20. The highest BCUT2D eigenvalue weighted by atomic mass is 28.1. The Hall–Kier alpha value is -0.333. The van der Waals surface area contributed by atoms with E-state index in [9.17, 15) is 0 Å². The van der Waals surface area contributed by atoms with Crippen molar-refractivity contribution in [3.63, 3.8) is 0 Å². The van der Waals surface area contributed by atoms with Gasteiger partial charge in [-0.2, -0.15) is 0 Å². The molecule has 4 heavy (non-hydrogen) atoms. The molecule has 1 nitrogen and oxygen atoms in total. The molecular formula is C2H3OSi. The summed E-state index contributed by atoms with van der Waals surface area (Å²) in [6.07, 6.45) is 0. The van der Waals surface area contributed by atoms with Crippen LogP contribution in [-0.4, -0.2) is 16.2 Å². The first-order valence-corrected chi connectivity index (χ1v) is 1.36. The van der Waals surface area contributed by atoms with Crippen molar-refractivity contribution < 1.29 is 6.22 Å². The first kappa shape index (κ1) is 3.67. The minimum atomic E-state index is 0. The van der Waals surface area contributed by atoms with Crippen LogP contribution in [0, 0.1) is 0 Å². The molecule has 0 N–H and O–H groups in total. The smallest absolute Gasteiger partial charge is 0.114 e. The van der Waals surface area contributed by atoms with E-state index in [1.807, 2.05) is 0 Å². The summed E-state index contributed by atoms with van der Waals surface area (Å²) >= 11 is 0. The maximum Gasteiger partial charge on any atom is 0.114 e. The van der Waals surface area contributed by atoms with Gasteiger partial charge in [-0.3, -0.25) is 0 Å². The van der Waals surface area contributed by atoms with Crippen LogP contribution in [0.25, 0.3) is 0 Å². The van der Waals surface area contributed by atoms with Crippen LogP contribution in [0.4, 0.5) is 0 Å². The normalized spacial score (nSPS) is 4.25. The summed E-state index contributed by atoms with van der Waals surface area (Å²) in [7, 11) is 2.74. The topological polar surface area (TPSA) is 17.1 Å². The molecule has 0 aliphatic rings. The molecule has 0 spiro atoms. The Kier molecular flexibility index (Phi) is 2.44. The van der Waals surface area contributed by atoms with Crippen molar-refractivity contribution in [3.05, 3.63) is 5.70 Å². The van der Waals surface area contributed by atoms with E-state index in [0.717, 1.165) is 5.70 Å². The summed E-state index contributed by atoms with van der Waals surface area (Å²) in [4.78, 5) is 8.94. The highest BCUT2D eigenvalue weighted by Crippen LogP contribution is 1.22. The van der Waals surface area contributed by atoms with E-state index < -0.39 is 0 Å². The van der Waals surface area contributed by atoms with E-state index in [1.54, 1.807) is 0 Å². The predicted molar refractivity (Wildman–Crippen MR) is 18.1 cm³/mol. The van der Waals surface area contributed by atoms with Crippen LogP contribution in [0.3, 0.4) is 0 Å². The third-order valence-electron chi connectivity index (χ3n) is 0.0589. The molecule has 0 aromatic carbocycles. The first-order valence-electron chi connectivity index (χ1n) is 0.781. The lowest BCUT2D eigenvalue weighted by Gasteiger charge is -1.29. The Balaban J connectivity index is 0. The van der Waals surface area contributed by atoms with E-state index in [0.29, 0.717) is 0 Å². The van der Waals surface area contributed by atoms with Crippen LogP contribution < -0.4 is 0 Å². The summed E-state index contributed by atoms with van der Waals surface area (Å²) in [5.74, 6) is 1.47. The van der Waals surface area contributed by atoms with E-state index in [1.165, 1.54) is 5.94 Å². The molecule has 0 heterocycles. The quantitative estimate of drug-likeness (QED) is 0.284. The molecule has 0 saturated heterocycles. The standard InChI is InChI=1S/C2HOSi.H2/c3-1-2-4;/h2H;1H. The lowest BCUT2D eigenvalue weighted by molar-refractivity contribution is 0.569. The van der Waals surface area contributed by atoms with Gasteiger partial charge in [-0.25, -0.2) is 4.79 Å². The van der Waals surface area contributed by atoms with Crippen LogP contribution in [0.5, 0.6) is 0 Å². The average molecular weight is 71.1 g/mol. The van der Waals surface area contributed by atoms with Crippen molar-refractivity contribution in [3.8, 4) is 0 Å². The van der Waals surface area contributed by atoms with Crippen LogP contribution in [0.1, 0.15) is 1.43 Å². The van der Waals surface area contributed by atoms with Crippen LogP contribution in [0.2, 0.25) is 0 Å². The molecule has 0 atom stereocenters. The van der Waals surface area contributed by atoms with Gasteiger partial charge in [0.1, 0.15) is 5.94 Å². The Morgan fingerprint density at radius 2 is 2.50 bits per heavy atom. The summed E-state index contributed by atoms with van der Waals surface area (Å²) in [6.45, 7) is 0. The van der Waals surface area contributed by atoms with Gasteiger partial charge in [-0.15, -0.1) is 0 Å². The number of carbonyl (C=O) groups excluding carboxylic acids is 1. The minimum Gasteiger partial charge on any atom is -0.234 e. The van der Waals surface area contributed by atoms with Crippen molar-refractivity contribution >= 4 is 16.2 Å². The second-order valence-electron chi connectivity index (χ2n) is 0.262. The first-order chi connectivity index (χ1) is 1.91. The van der Waals surface area contributed by atoms with Crippen molar-refractivity contribution in [2.45, 2.75) is 0 Å². The molecule has 0 amide bonds. The second-order valence-corrected chi connectivity index (χ2v) is 0.551. The van der Waals surface area contributed by atoms with Crippen molar-refractivity contribution in [2.75, 3.05) is 0 Å². The van der Waals surface area contributed by atoms with Gasteiger partial charge in [-0.1, -0.05) is 0 Å². The summed E-state index contributed by atoms with van der Waals surface area (Å²) < 4.78 is 0. The number of rotatable bonds is 0. The van der Waals surface area contributed by atoms with Gasteiger partial charge in [0.05, 0.1) is 10.2 Å². The fraction of sp³-hybridized carbons (Fsp3) is 0. The molecule has 0 aliphatic carbocycles. The van der Waals surface area contributed by atoms with E-state index in [-0.39, 0.29) is 1.43 Å². The van der Waals surface area contributed by atoms with Crippen molar-refractivity contribution in [1.82, 2.24) is 0 Å². The summed E-state index contributed by atoms with van der Waals surface area (Å²) in [6, 6.07) is 0. The van der Waals surface area contributed by atoms with Gasteiger partial charge in [0.15, 0.2) is 0 Å². The van der Waals surface area contributed by atoms with Gasteiger partial charge in [0.2, 0.25) is 0 Å². The molecule has 0 saturated carbocycles. The molecule has 0 aromatic heterocycles. The van der Waals surface area contributed by atoms with Crippen LogP contribution >= 0.6 is 0 Å². The molecule has 21 valence electrons. The van der Waals surface area contributed by atoms with E-state index >= 15 is 0 Å². The van der Waals surface area contributed by atoms with Gasteiger partial charge in [0, 0.05) is 1.43 Å². The van der Waals surface area contributed by atoms with Crippen LogP contribution in [-0.2, 0) is 4.79 Å². The monoisotopic (exact) mass is 71.0 g/mol. The zero-order chi connectivity index (χ0) is 3.41. The SMILES string of the molecule is O=C=C[Si].[HH]. The van der Waals surface area contributed by atoms with E-state index in [2.05, 4.69) is 10.2 Å². The van der Waals surface area contributed by atoms with E-state index in [4.69, 9.17) is 4.79 Å². The van der Waals surface area contributed by atoms with Gasteiger partial charge in [-0.05, 0) is 5.70 Å². The molecule has 0 fully saturated rings. The summed E-state index contributed by atoms with van der Waals surface area (Å²) in [5.41, 5.74) is 1.12. The van der Waals surface area contributed by atoms with Gasteiger partial charge < -0.3 is 0 Å². The second kappa shape index (κ2) is 2.67. The lowest BCUT2D eigenvalue weighted by Crippen LogP contribution is -1.44. The third-order valence-corrected chi connectivity index (χ3v) is 0.177. The average Bonchev–Trinajstić information content (AvgIpc) is 1.37. The maximum atomic E-state index is 8.94. The fourth-order valence-corrected chi connectivity index (χ4v) is 0. The van der Waals surface area contributed by atoms with Crippen LogP contribution in [0.15, 0.2) is 5.70 Å². The zero-order valence-corrected chi connectivity index (χ0v) is 2.99. The lowest BCUT2D eigenvalue weighted by atomic mass is 11.2. The Labute approximate surface area is 29.2 Å². The largest absolute Gasteiger partial charge is 0.234 e. The predicted octanol–water partition coefficient (Wildman–Crippen LogP) is -0.254. The molecule has 3 radical (unpaired) electrons. The molecule has 0 bridgehead atoms. The summed E-state index contributed by atoms with van der Waals surface area (Å²) in [5, 5.41) is 0. The number of hydrogen-bond acceptors (Lipinski definition) is 1. The number of hydrogen-bond donors (Lipinski definition) is 0. The van der Waals surface area contributed by atoms with Crippen molar-refractivity contribution in [1.29, 1.82) is 0 Å². The van der Waals surface area contributed by atoms with Crippen molar-refractivity contribution in [2.24, 2.45) is 0 Å². The molecule has 0 unspecified atom stereocenters. The minimum absolute atomic E-state index is 0. The Bertz CT molecular complexity index is 47.6.